The molecule has 32 heavy (non-hydrogen) atoms. The van der Waals surface area contributed by atoms with Crippen LogP contribution in [0.4, 0.5) is 0 Å². The number of ether oxygens (including phenoxy) is 1. The number of nitrogens with zero attached hydrogens (tertiary/aromatic N) is 3. The van der Waals surface area contributed by atoms with Crippen LogP contribution in [-0.4, -0.2) is 47.0 Å². The van der Waals surface area contributed by atoms with Crippen molar-refractivity contribution in [2.75, 3.05) is 26.2 Å². The largest absolute Gasteiger partial charge is 0.489 e. The van der Waals surface area contributed by atoms with Crippen LogP contribution in [0.15, 0.2) is 47.0 Å². The first-order valence-corrected chi connectivity index (χ1v) is 11.1. The SMILES string of the molecule is Cc1ccc(OCc2c(C(=O)N3CCN(Cc4ccccc4C)CC3)noc2C)cc1C. The van der Waals surface area contributed by atoms with E-state index in [1.807, 2.05) is 30.0 Å². The fourth-order valence-corrected chi connectivity index (χ4v) is 3.98. The second-order valence-corrected chi connectivity index (χ2v) is 8.60. The Labute approximate surface area is 189 Å². The quantitative estimate of drug-likeness (QED) is 0.575. The summed E-state index contributed by atoms with van der Waals surface area (Å²) in [6.45, 7) is 12.3. The third kappa shape index (κ3) is 4.86. The Morgan fingerprint density at radius 3 is 2.44 bits per heavy atom. The molecular weight excluding hydrogens is 402 g/mol. The number of carbonyl (C=O) groups is 1. The highest BCUT2D eigenvalue weighted by Gasteiger charge is 2.28. The summed E-state index contributed by atoms with van der Waals surface area (Å²) >= 11 is 0. The van der Waals surface area contributed by atoms with Crippen LogP contribution < -0.4 is 4.74 Å². The highest BCUT2D eigenvalue weighted by Crippen LogP contribution is 2.22. The first-order valence-electron chi connectivity index (χ1n) is 11.1. The molecule has 0 radical (unpaired) electrons. The van der Waals surface area contributed by atoms with Crippen molar-refractivity contribution in [2.45, 2.75) is 40.8 Å². The Morgan fingerprint density at radius 1 is 0.969 bits per heavy atom. The van der Waals surface area contributed by atoms with Crippen LogP contribution in [-0.2, 0) is 13.2 Å². The van der Waals surface area contributed by atoms with Crippen molar-refractivity contribution in [3.05, 3.63) is 81.7 Å². The molecule has 0 spiro atoms. The van der Waals surface area contributed by atoms with E-state index in [2.05, 4.69) is 55.1 Å². The first kappa shape index (κ1) is 22.1. The summed E-state index contributed by atoms with van der Waals surface area (Å²) in [6.07, 6.45) is 0. The summed E-state index contributed by atoms with van der Waals surface area (Å²) in [4.78, 5) is 17.5. The minimum absolute atomic E-state index is 0.0870. The molecule has 3 aromatic rings. The maximum absolute atomic E-state index is 13.2. The molecule has 2 heterocycles. The van der Waals surface area contributed by atoms with Crippen LogP contribution in [0.3, 0.4) is 0 Å². The zero-order chi connectivity index (χ0) is 22.7. The van der Waals surface area contributed by atoms with Gasteiger partial charge in [0.2, 0.25) is 0 Å². The molecule has 4 rings (SSSR count). The molecule has 1 aliphatic rings. The number of piperazine rings is 1. The summed E-state index contributed by atoms with van der Waals surface area (Å²) < 4.78 is 11.3. The van der Waals surface area contributed by atoms with Crippen molar-refractivity contribution in [1.82, 2.24) is 15.0 Å². The number of carbonyl (C=O) groups excluding carboxylic acids is 1. The Kier molecular flexibility index (Phi) is 6.61. The Hall–Kier alpha value is -3.12. The maximum atomic E-state index is 13.2. The van der Waals surface area contributed by atoms with Gasteiger partial charge >= 0.3 is 0 Å². The van der Waals surface area contributed by atoms with Gasteiger partial charge in [0.05, 0.1) is 5.56 Å². The predicted octanol–water partition coefficient (Wildman–Crippen LogP) is 4.45. The van der Waals surface area contributed by atoms with E-state index in [1.165, 1.54) is 22.3 Å². The van der Waals surface area contributed by atoms with Crippen molar-refractivity contribution < 1.29 is 14.1 Å². The van der Waals surface area contributed by atoms with Gasteiger partial charge in [-0.15, -0.1) is 0 Å². The van der Waals surface area contributed by atoms with E-state index >= 15 is 0 Å². The molecule has 6 nitrogen and oxygen atoms in total. The van der Waals surface area contributed by atoms with Gasteiger partial charge in [0.25, 0.3) is 5.91 Å². The Balaban J connectivity index is 1.38. The predicted molar refractivity (Wildman–Crippen MR) is 124 cm³/mol. The van der Waals surface area contributed by atoms with Crippen LogP contribution in [0, 0.1) is 27.7 Å². The van der Waals surface area contributed by atoms with E-state index in [1.54, 1.807) is 0 Å². The summed E-state index contributed by atoms with van der Waals surface area (Å²) in [7, 11) is 0. The number of aryl methyl sites for hydroxylation is 4. The third-order valence-electron chi connectivity index (χ3n) is 6.36. The van der Waals surface area contributed by atoms with E-state index in [9.17, 15) is 4.79 Å². The van der Waals surface area contributed by atoms with Gasteiger partial charge in [-0.1, -0.05) is 35.5 Å². The molecule has 0 N–H and O–H groups in total. The molecule has 0 atom stereocenters. The van der Waals surface area contributed by atoms with E-state index in [4.69, 9.17) is 9.26 Å². The van der Waals surface area contributed by atoms with Crippen molar-refractivity contribution in [3.8, 4) is 5.75 Å². The molecule has 168 valence electrons. The zero-order valence-corrected chi connectivity index (χ0v) is 19.4. The number of hydrogen-bond donors (Lipinski definition) is 0. The summed E-state index contributed by atoms with van der Waals surface area (Å²) in [5, 5.41) is 4.07. The van der Waals surface area contributed by atoms with Gasteiger partial charge in [0.1, 0.15) is 18.1 Å². The van der Waals surface area contributed by atoms with Gasteiger partial charge in [0, 0.05) is 32.7 Å². The fraction of sp³-hybridized carbons (Fsp3) is 0.385. The average molecular weight is 434 g/mol. The maximum Gasteiger partial charge on any atom is 0.276 e. The monoisotopic (exact) mass is 433 g/mol. The molecule has 6 heteroatoms. The van der Waals surface area contributed by atoms with Crippen molar-refractivity contribution in [2.24, 2.45) is 0 Å². The van der Waals surface area contributed by atoms with Crippen molar-refractivity contribution in [1.29, 1.82) is 0 Å². The number of amides is 1. The standard InChI is InChI=1S/C26H31N3O3/c1-18-9-10-23(15-20(18)3)31-17-24-21(4)32-27-25(24)26(30)29-13-11-28(12-14-29)16-22-8-6-5-7-19(22)2/h5-10,15H,11-14,16-17H2,1-4H3. The lowest BCUT2D eigenvalue weighted by molar-refractivity contribution is 0.0616. The van der Waals surface area contributed by atoms with E-state index in [0.717, 1.165) is 30.9 Å². The van der Waals surface area contributed by atoms with Gasteiger partial charge in [-0.25, -0.2) is 0 Å². The minimum Gasteiger partial charge on any atom is -0.489 e. The summed E-state index contributed by atoms with van der Waals surface area (Å²) in [5.74, 6) is 1.31. The summed E-state index contributed by atoms with van der Waals surface area (Å²) in [6, 6.07) is 14.4. The Morgan fingerprint density at radius 2 is 1.72 bits per heavy atom. The lowest BCUT2D eigenvalue weighted by Crippen LogP contribution is -2.48. The Bertz CT molecular complexity index is 1100. The smallest absolute Gasteiger partial charge is 0.276 e. The first-order chi connectivity index (χ1) is 15.4. The molecule has 0 aliphatic carbocycles. The molecule has 1 fully saturated rings. The topological polar surface area (TPSA) is 58.8 Å². The average Bonchev–Trinajstić information content (AvgIpc) is 3.16. The highest BCUT2D eigenvalue weighted by atomic mass is 16.5. The molecule has 1 aliphatic heterocycles. The normalized spacial score (nSPS) is 14.6. The van der Waals surface area contributed by atoms with Crippen LogP contribution >= 0.6 is 0 Å². The second-order valence-electron chi connectivity index (χ2n) is 8.60. The molecular formula is C26H31N3O3. The molecule has 2 aromatic carbocycles. The van der Waals surface area contributed by atoms with Crippen LogP contribution in [0.2, 0.25) is 0 Å². The molecule has 1 amide bonds. The number of aromatic nitrogens is 1. The van der Waals surface area contributed by atoms with Gasteiger partial charge in [0.15, 0.2) is 5.69 Å². The van der Waals surface area contributed by atoms with Crippen molar-refractivity contribution in [3.63, 3.8) is 0 Å². The lowest BCUT2D eigenvalue weighted by Gasteiger charge is -2.34. The molecule has 0 unspecified atom stereocenters. The van der Waals surface area contributed by atoms with Gasteiger partial charge < -0.3 is 14.2 Å². The number of hydrogen-bond acceptors (Lipinski definition) is 5. The highest BCUT2D eigenvalue weighted by molar-refractivity contribution is 5.93. The number of benzene rings is 2. The van der Waals surface area contributed by atoms with E-state index < -0.39 is 0 Å². The lowest BCUT2D eigenvalue weighted by atomic mass is 10.1. The zero-order valence-electron chi connectivity index (χ0n) is 19.4. The van der Waals surface area contributed by atoms with Crippen LogP contribution in [0.1, 0.15) is 44.1 Å². The van der Waals surface area contributed by atoms with Gasteiger partial charge in [-0.2, -0.15) is 0 Å². The van der Waals surface area contributed by atoms with Crippen LogP contribution in [0.5, 0.6) is 5.75 Å². The molecule has 1 aromatic heterocycles. The molecule has 0 bridgehead atoms. The molecule has 1 saturated heterocycles. The van der Waals surface area contributed by atoms with Gasteiger partial charge in [-0.05, 0) is 62.1 Å². The van der Waals surface area contributed by atoms with E-state index in [-0.39, 0.29) is 12.5 Å². The number of rotatable bonds is 6. The minimum atomic E-state index is -0.0870. The molecule has 0 saturated carbocycles. The van der Waals surface area contributed by atoms with Crippen LogP contribution in [0.25, 0.3) is 0 Å². The van der Waals surface area contributed by atoms with Crippen molar-refractivity contribution >= 4 is 5.91 Å². The fourth-order valence-electron chi connectivity index (χ4n) is 3.98. The summed E-state index contributed by atoms with van der Waals surface area (Å²) in [5.41, 5.74) is 6.11. The second kappa shape index (κ2) is 9.57. The third-order valence-corrected chi connectivity index (χ3v) is 6.36. The van der Waals surface area contributed by atoms with Gasteiger partial charge in [-0.3, -0.25) is 9.69 Å². The van der Waals surface area contributed by atoms with E-state index in [0.29, 0.717) is 24.5 Å².